The molecule has 5 heteroatoms. The Morgan fingerprint density at radius 2 is 2.07 bits per heavy atom. The van der Waals surface area contributed by atoms with Gasteiger partial charge in [0.05, 0.1) is 11.3 Å². The lowest BCUT2D eigenvalue weighted by molar-refractivity contribution is -0.114. The molecule has 0 saturated carbocycles. The molecule has 0 fully saturated rings. The van der Waals surface area contributed by atoms with E-state index in [4.69, 9.17) is 11.6 Å². The summed E-state index contributed by atoms with van der Waals surface area (Å²) in [6.45, 7) is 1.28. The number of halogens is 2. The second-order valence-electron chi connectivity index (χ2n) is 2.64. The van der Waals surface area contributed by atoms with Gasteiger partial charge in [0.2, 0.25) is 5.91 Å². The highest BCUT2D eigenvalue weighted by Gasteiger charge is 2.10. The van der Waals surface area contributed by atoms with Crippen molar-refractivity contribution in [1.29, 1.82) is 0 Å². The highest BCUT2D eigenvalue weighted by molar-refractivity contribution is 6.68. The summed E-state index contributed by atoms with van der Waals surface area (Å²) in [7, 11) is 0. The van der Waals surface area contributed by atoms with Crippen molar-refractivity contribution in [2.75, 3.05) is 5.32 Å². The molecule has 74 valence electrons. The zero-order valence-corrected chi connectivity index (χ0v) is 8.06. The average molecular weight is 216 g/mol. The molecule has 0 radical (unpaired) electrons. The van der Waals surface area contributed by atoms with E-state index >= 15 is 0 Å². The summed E-state index contributed by atoms with van der Waals surface area (Å²) in [5, 5.41) is 1.56. The van der Waals surface area contributed by atoms with Gasteiger partial charge in [0.1, 0.15) is 5.82 Å². The number of hydrogen-bond donors (Lipinski definition) is 1. The molecule has 0 atom stereocenters. The number of anilines is 1. The SMILES string of the molecule is CC(=O)Nc1ccc(F)cc1C(=O)Cl. The van der Waals surface area contributed by atoms with Gasteiger partial charge >= 0.3 is 0 Å². The molecule has 14 heavy (non-hydrogen) atoms. The third-order valence-electron chi connectivity index (χ3n) is 1.50. The summed E-state index contributed by atoms with van der Waals surface area (Å²) < 4.78 is 12.7. The smallest absolute Gasteiger partial charge is 0.254 e. The Labute approximate surface area is 84.9 Å². The second-order valence-corrected chi connectivity index (χ2v) is 2.99. The van der Waals surface area contributed by atoms with Gasteiger partial charge in [-0.3, -0.25) is 9.59 Å². The minimum atomic E-state index is -0.812. The van der Waals surface area contributed by atoms with Crippen LogP contribution in [0.3, 0.4) is 0 Å². The highest BCUT2D eigenvalue weighted by Crippen LogP contribution is 2.18. The maximum Gasteiger partial charge on any atom is 0.254 e. The van der Waals surface area contributed by atoms with Gasteiger partial charge in [0, 0.05) is 6.92 Å². The van der Waals surface area contributed by atoms with Crippen molar-refractivity contribution < 1.29 is 14.0 Å². The largest absolute Gasteiger partial charge is 0.326 e. The van der Waals surface area contributed by atoms with Gasteiger partial charge in [-0.1, -0.05) is 0 Å². The lowest BCUT2D eigenvalue weighted by Gasteiger charge is -2.05. The molecule has 0 unspecified atom stereocenters. The van der Waals surface area contributed by atoms with Gasteiger partial charge in [-0.25, -0.2) is 4.39 Å². The summed E-state index contributed by atoms with van der Waals surface area (Å²) in [6.07, 6.45) is 0. The third kappa shape index (κ3) is 2.53. The fourth-order valence-electron chi connectivity index (χ4n) is 0.978. The Bertz CT molecular complexity index is 392. The first-order valence-electron chi connectivity index (χ1n) is 3.77. The maximum absolute atomic E-state index is 12.7. The van der Waals surface area contributed by atoms with E-state index in [1.165, 1.54) is 13.0 Å². The fourth-order valence-corrected chi connectivity index (χ4v) is 1.13. The lowest BCUT2D eigenvalue weighted by atomic mass is 10.2. The molecule has 3 nitrogen and oxygen atoms in total. The number of nitrogens with one attached hydrogen (secondary N) is 1. The summed E-state index contributed by atoms with van der Waals surface area (Å²) in [5.74, 6) is -0.932. The van der Waals surface area contributed by atoms with Gasteiger partial charge in [-0.05, 0) is 29.8 Å². The van der Waals surface area contributed by atoms with Gasteiger partial charge in [-0.2, -0.15) is 0 Å². The fraction of sp³-hybridized carbons (Fsp3) is 0.111. The van der Waals surface area contributed by atoms with Crippen LogP contribution in [0.5, 0.6) is 0 Å². The van der Waals surface area contributed by atoms with E-state index in [9.17, 15) is 14.0 Å². The van der Waals surface area contributed by atoms with Crippen LogP contribution >= 0.6 is 11.6 Å². The zero-order chi connectivity index (χ0) is 10.7. The van der Waals surface area contributed by atoms with Crippen molar-refractivity contribution in [3.63, 3.8) is 0 Å². The molecule has 1 aromatic rings. The Morgan fingerprint density at radius 1 is 1.43 bits per heavy atom. The number of hydrogen-bond acceptors (Lipinski definition) is 2. The first-order chi connectivity index (χ1) is 6.50. The van der Waals surface area contributed by atoms with Crippen LogP contribution in [0, 0.1) is 5.82 Å². The third-order valence-corrected chi connectivity index (χ3v) is 1.71. The molecule has 1 amide bonds. The minimum absolute atomic E-state index is 0.0538. The molecule has 0 heterocycles. The van der Waals surface area contributed by atoms with E-state index in [1.54, 1.807) is 0 Å². The van der Waals surface area contributed by atoms with E-state index in [0.29, 0.717) is 0 Å². The quantitative estimate of drug-likeness (QED) is 0.769. The summed E-state index contributed by atoms with van der Waals surface area (Å²) >= 11 is 5.21. The van der Waals surface area contributed by atoms with E-state index in [2.05, 4.69) is 5.32 Å². The Hall–Kier alpha value is -1.42. The van der Waals surface area contributed by atoms with Crippen molar-refractivity contribution in [1.82, 2.24) is 0 Å². The van der Waals surface area contributed by atoms with Crippen molar-refractivity contribution in [3.8, 4) is 0 Å². The van der Waals surface area contributed by atoms with Crippen molar-refractivity contribution in [2.45, 2.75) is 6.92 Å². The zero-order valence-electron chi connectivity index (χ0n) is 7.30. The second kappa shape index (κ2) is 4.19. The summed E-state index contributed by atoms with van der Waals surface area (Å²) in [4.78, 5) is 21.6. The summed E-state index contributed by atoms with van der Waals surface area (Å²) in [6, 6.07) is 3.39. The molecule has 1 aromatic carbocycles. The van der Waals surface area contributed by atoms with Crippen molar-refractivity contribution >= 4 is 28.4 Å². The van der Waals surface area contributed by atoms with Crippen LogP contribution in [0.2, 0.25) is 0 Å². The molecule has 0 aliphatic heterocycles. The monoisotopic (exact) mass is 215 g/mol. The van der Waals surface area contributed by atoms with E-state index in [-0.39, 0.29) is 17.2 Å². The van der Waals surface area contributed by atoms with Crippen molar-refractivity contribution in [2.24, 2.45) is 0 Å². The molecule has 0 bridgehead atoms. The topological polar surface area (TPSA) is 46.2 Å². The molecule has 1 rings (SSSR count). The van der Waals surface area contributed by atoms with Crippen LogP contribution in [0.15, 0.2) is 18.2 Å². The molecular weight excluding hydrogens is 209 g/mol. The number of amides is 1. The molecule has 0 aromatic heterocycles. The molecule has 0 aliphatic rings. The van der Waals surface area contributed by atoms with Gasteiger partial charge < -0.3 is 5.32 Å². The number of carbonyl (C=O) groups is 2. The number of benzene rings is 1. The Balaban J connectivity index is 3.14. The molecule has 0 spiro atoms. The van der Waals surface area contributed by atoms with E-state index < -0.39 is 11.1 Å². The van der Waals surface area contributed by atoms with Gasteiger partial charge in [-0.15, -0.1) is 0 Å². The first kappa shape index (κ1) is 10.7. The van der Waals surface area contributed by atoms with E-state index in [0.717, 1.165) is 12.1 Å². The Kier molecular flexibility index (Phi) is 3.19. The minimum Gasteiger partial charge on any atom is -0.326 e. The van der Waals surface area contributed by atoms with Crippen molar-refractivity contribution in [3.05, 3.63) is 29.6 Å². The predicted molar refractivity (Wildman–Crippen MR) is 50.9 cm³/mol. The molecule has 0 saturated heterocycles. The van der Waals surface area contributed by atoms with E-state index in [1.807, 2.05) is 0 Å². The molecule has 1 N–H and O–H groups in total. The van der Waals surface area contributed by atoms with Crippen LogP contribution in [0.4, 0.5) is 10.1 Å². The molecule has 0 aliphatic carbocycles. The average Bonchev–Trinajstić information content (AvgIpc) is 2.07. The maximum atomic E-state index is 12.7. The normalized spacial score (nSPS) is 9.64. The number of rotatable bonds is 2. The highest BCUT2D eigenvalue weighted by atomic mass is 35.5. The predicted octanol–water partition coefficient (Wildman–Crippen LogP) is 2.16. The number of carbonyl (C=O) groups excluding carboxylic acids is 2. The standard InChI is InChI=1S/C9H7ClFNO2/c1-5(13)12-8-3-2-6(11)4-7(8)9(10)14/h2-4H,1H3,(H,12,13). The van der Waals surface area contributed by atoms with Crippen LogP contribution in [-0.2, 0) is 4.79 Å². The molecular formula is C9H7ClFNO2. The lowest BCUT2D eigenvalue weighted by Crippen LogP contribution is -2.09. The Morgan fingerprint density at radius 3 is 2.57 bits per heavy atom. The van der Waals surface area contributed by atoms with Gasteiger partial charge in [0.25, 0.3) is 5.24 Å². The van der Waals surface area contributed by atoms with Crippen LogP contribution in [-0.4, -0.2) is 11.1 Å². The van der Waals surface area contributed by atoms with Crippen LogP contribution < -0.4 is 5.32 Å². The van der Waals surface area contributed by atoms with Crippen LogP contribution in [0.1, 0.15) is 17.3 Å². The summed E-state index contributed by atoms with van der Waals surface area (Å²) in [5.41, 5.74) is 0.153. The van der Waals surface area contributed by atoms with Gasteiger partial charge in [0.15, 0.2) is 0 Å². The van der Waals surface area contributed by atoms with Crippen LogP contribution in [0.25, 0.3) is 0 Å². The first-order valence-corrected chi connectivity index (χ1v) is 4.15.